The normalized spacial score (nSPS) is 10.0. The number of hydrogen-bond donors (Lipinski definition) is 2. The van der Waals surface area contributed by atoms with Crippen LogP contribution < -0.4 is 10.6 Å². The van der Waals surface area contributed by atoms with Gasteiger partial charge in [-0.3, -0.25) is 4.79 Å². The average Bonchev–Trinajstić information content (AvgIpc) is 2.63. The van der Waals surface area contributed by atoms with Crippen molar-refractivity contribution in [1.82, 2.24) is 9.97 Å². The summed E-state index contributed by atoms with van der Waals surface area (Å²) in [6.07, 6.45) is 0. The molecule has 0 atom stereocenters. The summed E-state index contributed by atoms with van der Waals surface area (Å²) >= 11 is 0. The van der Waals surface area contributed by atoms with Crippen LogP contribution in [0.3, 0.4) is 0 Å². The third-order valence-corrected chi connectivity index (χ3v) is 3.64. The van der Waals surface area contributed by atoms with Crippen LogP contribution in [0, 0.1) is 25.2 Å². The molecule has 0 unspecified atom stereocenters. The first-order valence-corrected chi connectivity index (χ1v) is 8.04. The van der Waals surface area contributed by atoms with Crippen molar-refractivity contribution in [3.8, 4) is 6.07 Å². The molecule has 26 heavy (non-hydrogen) atoms. The molecule has 0 saturated carbocycles. The van der Waals surface area contributed by atoms with Gasteiger partial charge >= 0.3 is 0 Å². The fraction of sp³-hybridized carbons (Fsp3) is 0.100. The second kappa shape index (κ2) is 7.45. The highest BCUT2D eigenvalue weighted by Crippen LogP contribution is 2.16. The Morgan fingerprint density at radius 3 is 2.50 bits per heavy atom. The highest BCUT2D eigenvalue weighted by molar-refractivity contribution is 6.03. The van der Waals surface area contributed by atoms with E-state index in [-0.39, 0.29) is 11.6 Å². The fourth-order valence-electron chi connectivity index (χ4n) is 2.37. The number of hydrogen-bond acceptors (Lipinski definition) is 5. The number of nitrogens with one attached hydrogen (secondary N) is 2. The SMILES string of the molecule is Cc1ccc(NC(=O)c2cc(C)nc(Nc3cccc(C#N)c3)n2)cc1. The Morgan fingerprint density at radius 2 is 1.77 bits per heavy atom. The zero-order valence-electron chi connectivity index (χ0n) is 14.4. The van der Waals surface area contributed by atoms with E-state index in [9.17, 15) is 4.79 Å². The van der Waals surface area contributed by atoms with Crippen LogP contribution in [0.5, 0.6) is 0 Å². The number of benzene rings is 2. The number of rotatable bonds is 4. The molecule has 128 valence electrons. The lowest BCUT2D eigenvalue weighted by atomic mass is 10.2. The zero-order valence-corrected chi connectivity index (χ0v) is 14.4. The lowest BCUT2D eigenvalue weighted by molar-refractivity contribution is 0.102. The number of aromatic nitrogens is 2. The molecule has 3 aromatic rings. The number of amides is 1. The molecular weight excluding hydrogens is 326 g/mol. The largest absolute Gasteiger partial charge is 0.324 e. The van der Waals surface area contributed by atoms with Gasteiger partial charge in [-0.1, -0.05) is 23.8 Å². The number of aryl methyl sites for hydroxylation is 2. The summed E-state index contributed by atoms with van der Waals surface area (Å²) in [5.41, 5.74) is 3.95. The van der Waals surface area contributed by atoms with Crippen LogP contribution in [-0.2, 0) is 0 Å². The van der Waals surface area contributed by atoms with Crippen LogP contribution in [0.4, 0.5) is 17.3 Å². The molecule has 0 aliphatic rings. The monoisotopic (exact) mass is 343 g/mol. The van der Waals surface area contributed by atoms with E-state index in [2.05, 4.69) is 26.7 Å². The maximum absolute atomic E-state index is 12.5. The molecule has 3 rings (SSSR count). The smallest absolute Gasteiger partial charge is 0.274 e. The summed E-state index contributed by atoms with van der Waals surface area (Å²) < 4.78 is 0. The van der Waals surface area contributed by atoms with Crippen molar-refractivity contribution >= 4 is 23.2 Å². The lowest BCUT2D eigenvalue weighted by Gasteiger charge is -2.09. The van der Waals surface area contributed by atoms with Gasteiger partial charge in [-0.05, 0) is 50.2 Å². The molecule has 6 nitrogen and oxygen atoms in total. The van der Waals surface area contributed by atoms with Crippen LogP contribution >= 0.6 is 0 Å². The summed E-state index contributed by atoms with van der Waals surface area (Å²) in [6.45, 7) is 3.78. The van der Waals surface area contributed by atoms with E-state index in [4.69, 9.17) is 5.26 Å². The van der Waals surface area contributed by atoms with Gasteiger partial charge < -0.3 is 10.6 Å². The maximum Gasteiger partial charge on any atom is 0.274 e. The summed E-state index contributed by atoms with van der Waals surface area (Å²) in [6, 6.07) is 18.2. The minimum Gasteiger partial charge on any atom is -0.324 e. The number of nitriles is 1. The Labute approximate surface area is 151 Å². The fourth-order valence-corrected chi connectivity index (χ4v) is 2.37. The molecular formula is C20H17N5O. The van der Waals surface area contributed by atoms with E-state index in [1.807, 2.05) is 31.2 Å². The molecule has 0 saturated heterocycles. The first kappa shape index (κ1) is 17.1. The van der Waals surface area contributed by atoms with Gasteiger partial charge in [0.2, 0.25) is 5.95 Å². The minimum atomic E-state index is -0.312. The standard InChI is InChI=1S/C20H17N5O/c1-13-6-8-16(9-7-13)23-19(26)18-10-14(2)22-20(25-18)24-17-5-3-4-15(11-17)12-21/h3-11H,1-2H3,(H,23,26)(H,22,24,25). The number of nitrogens with zero attached hydrogens (tertiary/aromatic N) is 3. The van der Waals surface area contributed by atoms with E-state index in [0.29, 0.717) is 28.6 Å². The average molecular weight is 343 g/mol. The maximum atomic E-state index is 12.5. The second-order valence-electron chi connectivity index (χ2n) is 5.86. The van der Waals surface area contributed by atoms with Gasteiger partial charge in [-0.25, -0.2) is 9.97 Å². The molecule has 1 amide bonds. The zero-order chi connectivity index (χ0) is 18.5. The Balaban J connectivity index is 1.81. The second-order valence-corrected chi connectivity index (χ2v) is 5.86. The van der Waals surface area contributed by atoms with Crippen molar-refractivity contribution in [3.05, 3.63) is 77.1 Å². The van der Waals surface area contributed by atoms with Crippen molar-refractivity contribution in [2.75, 3.05) is 10.6 Å². The van der Waals surface area contributed by atoms with Crippen LogP contribution in [0.25, 0.3) is 0 Å². The van der Waals surface area contributed by atoms with E-state index >= 15 is 0 Å². The molecule has 2 N–H and O–H groups in total. The molecule has 1 heterocycles. The Kier molecular flexibility index (Phi) is 4.90. The van der Waals surface area contributed by atoms with Gasteiger partial charge in [-0.2, -0.15) is 5.26 Å². The van der Waals surface area contributed by atoms with Crippen molar-refractivity contribution in [1.29, 1.82) is 5.26 Å². The molecule has 1 aromatic heterocycles. The summed E-state index contributed by atoms with van der Waals surface area (Å²) in [4.78, 5) is 21.1. The third kappa shape index (κ3) is 4.22. The molecule has 6 heteroatoms. The summed E-state index contributed by atoms with van der Waals surface area (Å²) in [5, 5.41) is 14.8. The van der Waals surface area contributed by atoms with Crippen LogP contribution in [0.15, 0.2) is 54.6 Å². The van der Waals surface area contributed by atoms with Gasteiger partial charge in [0, 0.05) is 17.1 Å². The highest BCUT2D eigenvalue weighted by atomic mass is 16.1. The predicted octanol–water partition coefficient (Wildman–Crippen LogP) is 3.96. The molecule has 0 bridgehead atoms. The topological polar surface area (TPSA) is 90.7 Å². The number of anilines is 3. The Morgan fingerprint density at radius 1 is 1.00 bits per heavy atom. The van der Waals surface area contributed by atoms with E-state index < -0.39 is 0 Å². The first-order chi connectivity index (χ1) is 12.5. The highest BCUT2D eigenvalue weighted by Gasteiger charge is 2.11. The summed E-state index contributed by atoms with van der Waals surface area (Å²) in [7, 11) is 0. The molecule has 2 aromatic carbocycles. The first-order valence-electron chi connectivity index (χ1n) is 8.04. The Bertz CT molecular complexity index is 990. The lowest BCUT2D eigenvalue weighted by Crippen LogP contribution is -2.15. The van der Waals surface area contributed by atoms with Gasteiger partial charge in [0.05, 0.1) is 11.6 Å². The van der Waals surface area contributed by atoms with Gasteiger partial charge in [0.25, 0.3) is 5.91 Å². The Hall–Kier alpha value is -3.72. The van der Waals surface area contributed by atoms with Gasteiger partial charge in [0.1, 0.15) is 5.69 Å². The van der Waals surface area contributed by atoms with Gasteiger partial charge in [-0.15, -0.1) is 0 Å². The van der Waals surface area contributed by atoms with Crippen LogP contribution in [0.1, 0.15) is 27.3 Å². The predicted molar refractivity (Wildman–Crippen MR) is 100 cm³/mol. The minimum absolute atomic E-state index is 0.261. The number of carbonyl (C=O) groups is 1. The van der Waals surface area contributed by atoms with Gasteiger partial charge in [0.15, 0.2) is 0 Å². The molecule has 0 radical (unpaired) electrons. The molecule has 0 aliphatic heterocycles. The van der Waals surface area contributed by atoms with Crippen LogP contribution in [0.2, 0.25) is 0 Å². The van der Waals surface area contributed by atoms with E-state index in [1.165, 1.54) is 0 Å². The molecule has 0 fully saturated rings. The number of carbonyl (C=O) groups excluding carboxylic acids is 1. The van der Waals surface area contributed by atoms with E-state index in [0.717, 1.165) is 5.56 Å². The quantitative estimate of drug-likeness (QED) is 0.748. The van der Waals surface area contributed by atoms with Crippen LogP contribution in [-0.4, -0.2) is 15.9 Å². The van der Waals surface area contributed by atoms with Crippen molar-refractivity contribution < 1.29 is 4.79 Å². The molecule has 0 spiro atoms. The van der Waals surface area contributed by atoms with Crippen molar-refractivity contribution in [2.24, 2.45) is 0 Å². The van der Waals surface area contributed by atoms with Crippen molar-refractivity contribution in [3.63, 3.8) is 0 Å². The van der Waals surface area contributed by atoms with E-state index in [1.54, 1.807) is 37.3 Å². The third-order valence-electron chi connectivity index (χ3n) is 3.64. The van der Waals surface area contributed by atoms with Crippen molar-refractivity contribution in [2.45, 2.75) is 13.8 Å². The summed E-state index contributed by atoms with van der Waals surface area (Å²) in [5.74, 6) is -0.0117. The molecule has 0 aliphatic carbocycles.